The number of ether oxygens (including phenoxy) is 4. The Kier molecular flexibility index (Phi) is 34.5. The average molecular weight is 1560 g/mol. The zero-order valence-electron chi connectivity index (χ0n) is 70.2. The number of hydrogen-bond donors (Lipinski definition) is 0. The fourth-order valence-corrected chi connectivity index (χ4v) is 11.9. The molecular formula is C106H110F6O4. The molecule has 116 heavy (non-hydrogen) atoms. The van der Waals surface area contributed by atoms with E-state index >= 15 is 0 Å². The van der Waals surface area contributed by atoms with E-state index in [1.54, 1.807) is 13.8 Å². The molecule has 14 rings (SSSR count). The lowest BCUT2D eigenvalue weighted by Crippen LogP contribution is -2.54. The Morgan fingerprint density at radius 3 is 0.578 bits per heavy atom. The van der Waals surface area contributed by atoms with Crippen molar-refractivity contribution in [3.63, 3.8) is 0 Å². The van der Waals surface area contributed by atoms with E-state index in [0.717, 1.165) is 70.3 Å². The van der Waals surface area contributed by atoms with E-state index in [-0.39, 0.29) is 5.41 Å². The second-order valence-corrected chi connectivity index (χ2v) is 30.0. The lowest BCUT2D eigenvalue weighted by molar-refractivity contribution is -0.288. The van der Waals surface area contributed by atoms with Gasteiger partial charge in [-0.25, -0.2) is 0 Å². The highest BCUT2D eigenvalue weighted by Gasteiger charge is 2.72. The summed E-state index contributed by atoms with van der Waals surface area (Å²) in [7, 11) is 0. The minimum Gasteiger partial charge on any atom is -0.457 e. The van der Waals surface area contributed by atoms with Crippen molar-refractivity contribution in [2.45, 2.75) is 148 Å². The number of alkyl halides is 6. The van der Waals surface area contributed by atoms with E-state index in [1.165, 1.54) is 113 Å². The van der Waals surface area contributed by atoms with Gasteiger partial charge in [0.05, 0.1) is 0 Å². The SMILES string of the molecule is Cc1ccc(C(C)(C)c2ccc(C)cc2)cc1.Cc1ccc(C(c2ccc(C)cc2)(C(F)(F)F)C(F)(F)F)cc1.Cc1ccc(C)cc1.Cc1ccc(Oc2ccc(C)cc2)cc1.Cc1cccc(C)c1.Cc1cccc(Oc2cccc(C)c2)c1.Cc1cccc(Oc2cccc(Oc3cccc(C)c3)c2)c1.Cc1ccccc1C. The van der Waals surface area contributed by atoms with Gasteiger partial charge in [0, 0.05) is 11.5 Å². The van der Waals surface area contributed by atoms with E-state index < -0.39 is 28.9 Å². The van der Waals surface area contributed by atoms with Crippen LogP contribution >= 0.6 is 0 Å². The van der Waals surface area contributed by atoms with Crippen LogP contribution in [0.1, 0.15) is 125 Å². The monoisotopic (exact) mass is 1560 g/mol. The first kappa shape index (κ1) is 91.0. The fourth-order valence-electron chi connectivity index (χ4n) is 11.9. The van der Waals surface area contributed by atoms with Crippen LogP contribution in [0.25, 0.3) is 0 Å². The molecule has 0 unspecified atom stereocenters. The van der Waals surface area contributed by atoms with Crippen LogP contribution in [-0.4, -0.2) is 12.4 Å². The molecule has 0 heterocycles. The summed E-state index contributed by atoms with van der Waals surface area (Å²) in [4.78, 5) is 0. The molecule has 4 nitrogen and oxygen atoms in total. The summed E-state index contributed by atoms with van der Waals surface area (Å²) in [6.07, 6.45) is -11.1. The minimum absolute atomic E-state index is 0.0708. The molecule has 14 aromatic carbocycles. The minimum atomic E-state index is -5.53. The van der Waals surface area contributed by atoms with Crippen molar-refractivity contribution in [1.29, 1.82) is 0 Å². The molecule has 14 aromatic rings. The summed E-state index contributed by atoms with van der Waals surface area (Å²) in [5.74, 6) is 6.71. The normalized spacial score (nSPS) is 10.8. The summed E-state index contributed by atoms with van der Waals surface area (Å²) in [6.45, 7) is 37.0. The van der Waals surface area contributed by atoms with Crippen molar-refractivity contribution < 1.29 is 45.3 Å². The molecule has 0 aliphatic carbocycles. The highest BCUT2D eigenvalue weighted by Crippen LogP contribution is 2.56. The smallest absolute Gasteiger partial charge is 0.411 e. The molecule has 0 saturated heterocycles. The molecular weight excluding hydrogens is 1450 g/mol. The van der Waals surface area contributed by atoms with Gasteiger partial charge < -0.3 is 18.9 Å². The van der Waals surface area contributed by atoms with Crippen molar-refractivity contribution in [3.05, 3.63) is 451 Å². The molecule has 0 aliphatic heterocycles. The van der Waals surface area contributed by atoms with Crippen LogP contribution in [-0.2, 0) is 10.8 Å². The average Bonchev–Trinajstić information content (AvgIpc) is 0.717. The maximum Gasteiger partial charge on any atom is 0.411 e. The number of benzene rings is 14. The van der Waals surface area contributed by atoms with Gasteiger partial charge in [-0.1, -0.05) is 318 Å². The predicted molar refractivity (Wildman–Crippen MR) is 471 cm³/mol. The highest BCUT2D eigenvalue weighted by molar-refractivity contribution is 5.47. The van der Waals surface area contributed by atoms with Crippen LogP contribution in [0.3, 0.4) is 0 Å². The maximum atomic E-state index is 13.7. The Hall–Kier alpha value is -12.1. The van der Waals surface area contributed by atoms with Gasteiger partial charge in [0.2, 0.25) is 5.41 Å². The van der Waals surface area contributed by atoms with Crippen molar-refractivity contribution in [2.24, 2.45) is 0 Å². The van der Waals surface area contributed by atoms with Gasteiger partial charge in [-0.15, -0.1) is 0 Å². The third-order valence-electron chi connectivity index (χ3n) is 18.9. The van der Waals surface area contributed by atoms with Gasteiger partial charge in [-0.2, -0.15) is 26.3 Å². The third kappa shape index (κ3) is 29.7. The summed E-state index contributed by atoms with van der Waals surface area (Å²) >= 11 is 0. The summed E-state index contributed by atoms with van der Waals surface area (Å²) < 4.78 is 106. The Labute approximate surface area is 686 Å². The Morgan fingerprint density at radius 1 is 0.172 bits per heavy atom. The maximum absolute atomic E-state index is 13.7. The lowest BCUT2D eigenvalue weighted by atomic mass is 9.72. The van der Waals surface area contributed by atoms with Gasteiger partial charge in [0.25, 0.3) is 0 Å². The number of halogens is 6. The van der Waals surface area contributed by atoms with Crippen molar-refractivity contribution in [3.8, 4) is 46.0 Å². The zero-order chi connectivity index (χ0) is 84.6. The molecule has 0 N–H and O–H groups in total. The fraction of sp³-hybridized carbons (Fsp3) is 0.208. The second-order valence-electron chi connectivity index (χ2n) is 30.0. The van der Waals surface area contributed by atoms with Gasteiger partial charge in [0.15, 0.2) is 0 Å². The summed E-state index contributed by atoms with van der Waals surface area (Å²) in [6, 6.07) is 107. The van der Waals surface area contributed by atoms with Gasteiger partial charge in [-0.3, -0.25) is 0 Å². The standard InChI is InChI=1S/C20H18O2.C17H14F6.C17H20.2C14H14O.3C8H10/c1-15-6-3-8-17(12-15)21-19-10-5-11-20(14-19)22-18-9-4-7-16(2)13-18;1-11-3-7-13(8-4-11)15(16(18,19)20,17(21,22)23)14-9-5-12(2)6-10-14;1-13-5-9-15(10-6-13)17(3,4)16-11-7-14(2)8-12-16;1-11-3-7-13(8-4-11)15-14-9-5-12(2)6-10-14;1-11-5-3-7-13(9-11)15-14-8-4-6-12(2)10-14;1-7-3-5-8(2)6-4-7;1-7-4-3-5-8(2)6-7;1-7-5-3-4-6-8(7)2/h3-14H,1-2H3;3-10H,1-2H3;5-12H,1-4H3;2*3-10H,1-2H3;3*3-6H,1-2H3. The third-order valence-corrected chi connectivity index (χ3v) is 18.9. The zero-order valence-corrected chi connectivity index (χ0v) is 70.2. The second kappa shape index (κ2) is 43.9. The van der Waals surface area contributed by atoms with Crippen LogP contribution in [0, 0.1) is 111 Å². The molecule has 600 valence electrons. The number of hydrogen-bond acceptors (Lipinski definition) is 4. The van der Waals surface area contributed by atoms with E-state index in [0.29, 0.717) is 11.1 Å². The molecule has 0 radical (unpaired) electrons. The van der Waals surface area contributed by atoms with Crippen LogP contribution in [0.2, 0.25) is 0 Å². The largest absolute Gasteiger partial charge is 0.457 e. The highest BCUT2D eigenvalue weighted by atomic mass is 19.4. The predicted octanol–water partition coefficient (Wildman–Crippen LogP) is 31.3. The molecule has 10 heteroatoms. The molecule has 0 saturated carbocycles. The lowest BCUT2D eigenvalue weighted by Gasteiger charge is -2.38. The van der Waals surface area contributed by atoms with Crippen LogP contribution < -0.4 is 18.9 Å². The van der Waals surface area contributed by atoms with E-state index in [2.05, 4.69) is 230 Å². The van der Waals surface area contributed by atoms with Crippen LogP contribution in [0.15, 0.2) is 340 Å². The quantitative estimate of drug-likeness (QED) is 0.114. The molecule has 0 atom stereocenters. The first-order chi connectivity index (χ1) is 55.0. The number of aryl methyl sites for hydroxylation is 16. The number of rotatable bonds is 12. The van der Waals surface area contributed by atoms with Crippen LogP contribution in [0.5, 0.6) is 46.0 Å². The molecule has 0 spiro atoms. The molecule has 0 bridgehead atoms. The first-order valence-corrected chi connectivity index (χ1v) is 38.8. The topological polar surface area (TPSA) is 36.9 Å². The van der Waals surface area contributed by atoms with Crippen molar-refractivity contribution in [2.75, 3.05) is 0 Å². The summed E-state index contributed by atoms with van der Waals surface area (Å²) in [5, 5.41) is 0. The molecule has 0 aliphatic rings. The van der Waals surface area contributed by atoms with E-state index in [4.69, 9.17) is 18.9 Å². The van der Waals surface area contributed by atoms with Crippen LogP contribution in [0.4, 0.5) is 26.3 Å². The van der Waals surface area contributed by atoms with Gasteiger partial charge >= 0.3 is 12.4 Å². The van der Waals surface area contributed by atoms with E-state index in [9.17, 15) is 26.3 Å². The van der Waals surface area contributed by atoms with Crippen molar-refractivity contribution in [1.82, 2.24) is 0 Å². The van der Waals surface area contributed by atoms with Crippen molar-refractivity contribution >= 4 is 0 Å². The molecule has 0 amide bonds. The van der Waals surface area contributed by atoms with Gasteiger partial charge in [0.1, 0.15) is 46.0 Å². The van der Waals surface area contributed by atoms with Gasteiger partial charge in [-0.05, 0) is 251 Å². The Balaban J connectivity index is 0.000000188. The first-order valence-electron chi connectivity index (χ1n) is 38.8. The summed E-state index contributed by atoms with van der Waals surface area (Å²) in [5.41, 5.74) is 16.2. The Bertz CT molecular complexity index is 4940. The molecule has 0 aromatic heterocycles. The Morgan fingerprint density at radius 2 is 0.362 bits per heavy atom. The molecule has 0 fully saturated rings. The van der Waals surface area contributed by atoms with E-state index in [1.807, 2.05) is 172 Å².